The van der Waals surface area contributed by atoms with Gasteiger partial charge in [0.05, 0.1) is 6.04 Å². The molecule has 3 N–H and O–H groups in total. The van der Waals surface area contributed by atoms with Crippen LogP contribution in [0, 0.1) is 0 Å². The number of rotatable bonds is 4. The second kappa shape index (κ2) is 5.67. The molecule has 0 aliphatic carbocycles. The molecule has 4 heteroatoms. The van der Waals surface area contributed by atoms with Crippen molar-refractivity contribution in [1.29, 1.82) is 0 Å². The van der Waals surface area contributed by atoms with Gasteiger partial charge in [-0.15, -0.1) is 0 Å². The Balaban J connectivity index is 1.89. The molecular formula is C16H15ClN2O. The second-order valence-electron chi connectivity index (χ2n) is 4.74. The predicted molar refractivity (Wildman–Crippen MR) is 81.4 cm³/mol. The van der Waals surface area contributed by atoms with Gasteiger partial charge in [0, 0.05) is 10.4 Å². The van der Waals surface area contributed by atoms with E-state index in [1.54, 1.807) is 0 Å². The molecule has 1 unspecified atom stereocenters. The molecule has 0 saturated heterocycles. The van der Waals surface area contributed by atoms with Crippen LogP contribution in [-0.2, 0) is 6.42 Å². The lowest BCUT2D eigenvalue weighted by molar-refractivity contribution is 0.434. The summed E-state index contributed by atoms with van der Waals surface area (Å²) in [5, 5.41) is 1.80. The van der Waals surface area contributed by atoms with Gasteiger partial charge in [-0.1, -0.05) is 41.9 Å². The summed E-state index contributed by atoms with van der Waals surface area (Å²) in [4.78, 5) is 0. The molecule has 0 bridgehead atoms. The zero-order valence-electron chi connectivity index (χ0n) is 10.8. The van der Waals surface area contributed by atoms with Crippen LogP contribution in [0.15, 0.2) is 59.0 Å². The van der Waals surface area contributed by atoms with E-state index >= 15 is 0 Å². The normalized spacial score (nSPS) is 12.7. The molecule has 2 aromatic carbocycles. The Morgan fingerprint density at radius 1 is 1.10 bits per heavy atom. The first-order valence-electron chi connectivity index (χ1n) is 6.45. The lowest BCUT2D eigenvalue weighted by Gasteiger charge is -2.13. The minimum Gasteiger partial charge on any atom is -0.459 e. The number of para-hydroxylation sites is 1. The van der Waals surface area contributed by atoms with Gasteiger partial charge in [-0.2, -0.15) is 0 Å². The number of nitrogens with two attached hydrogens (primary N) is 1. The highest BCUT2D eigenvalue weighted by molar-refractivity contribution is 6.30. The summed E-state index contributed by atoms with van der Waals surface area (Å²) in [5.41, 5.74) is 4.79. The molecule has 1 heterocycles. The number of hydrazine groups is 1. The molecule has 3 aromatic rings. The second-order valence-corrected chi connectivity index (χ2v) is 5.18. The number of furan rings is 1. The quantitative estimate of drug-likeness (QED) is 0.566. The van der Waals surface area contributed by atoms with Gasteiger partial charge in [0.2, 0.25) is 0 Å². The third kappa shape index (κ3) is 2.70. The van der Waals surface area contributed by atoms with Crippen LogP contribution in [0.1, 0.15) is 17.4 Å². The van der Waals surface area contributed by atoms with Gasteiger partial charge in [-0.25, -0.2) is 5.43 Å². The molecule has 0 aliphatic rings. The van der Waals surface area contributed by atoms with Crippen LogP contribution < -0.4 is 11.3 Å². The van der Waals surface area contributed by atoms with Gasteiger partial charge in [0.15, 0.2) is 0 Å². The monoisotopic (exact) mass is 286 g/mol. The van der Waals surface area contributed by atoms with E-state index < -0.39 is 0 Å². The molecule has 1 aromatic heterocycles. The average molecular weight is 287 g/mol. The van der Waals surface area contributed by atoms with Crippen LogP contribution >= 0.6 is 11.6 Å². The number of halogens is 1. The molecule has 0 radical (unpaired) electrons. The Kier molecular flexibility index (Phi) is 3.74. The maximum atomic E-state index is 6.01. The van der Waals surface area contributed by atoms with Crippen molar-refractivity contribution in [3.8, 4) is 0 Å². The van der Waals surface area contributed by atoms with Crippen LogP contribution in [0.2, 0.25) is 5.02 Å². The van der Waals surface area contributed by atoms with Crippen molar-refractivity contribution in [2.75, 3.05) is 0 Å². The van der Waals surface area contributed by atoms with Gasteiger partial charge in [0.25, 0.3) is 0 Å². The van der Waals surface area contributed by atoms with Gasteiger partial charge < -0.3 is 4.42 Å². The first-order valence-corrected chi connectivity index (χ1v) is 6.83. The fourth-order valence-electron chi connectivity index (χ4n) is 2.32. The van der Waals surface area contributed by atoms with Crippen LogP contribution in [0.4, 0.5) is 0 Å². The Hall–Kier alpha value is -1.81. The summed E-state index contributed by atoms with van der Waals surface area (Å²) >= 11 is 6.01. The van der Waals surface area contributed by atoms with E-state index in [1.165, 1.54) is 0 Å². The minimum absolute atomic E-state index is 0.0825. The zero-order valence-corrected chi connectivity index (χ0v) is 11.6. The SMILES string of the molecule is NNC(Cc1cccc(Cl)c1)c1cc2ccccc2o1. The lowest BCUT2D eigenvalue weighted by Crippen LogP contribution is -2.29. The fourth-order valence-corrected chi connectivity index (χ4v) is 2.53. The summed E-state index contributed by atoms with van der Waals surface area (Å²) < 4.78 is 5.85. The molecule has 3 nitrogen and oxygen atoms in total. The first kappa shape index (κ1) is 13.2. The van der Waals surface area contributed by atoms with Gasteiger partial charge >= 0.3 is 0 Å². The summed E-state index contributed by atoms with van der Waals surface area (Å²) in [6.45, 7) is 0. The standard InChI is InChI=1S/C16H15ClN2O/c17-13-6-3-4-11(8-13)9-14(19-18)16-10-12-5-1-2-7-15(12)20-16/h1-8,10,14,19H,9,18H2. The van der Waals surface area contributed by atoms with Crippen molar-refractivity contribution < 1.29 is 4.42 Å². The maximum absolute atomic E-state index is 6.01. The predicted octanol–water partition coefficient (Wildman–Crippen LogP) is 3.83. The van der Waals surface area contributed by atoms with Crippen LogP contribution in [-0.4, -0.2) is 0 Å². The molecule has 20 heavy (non-hydrogen) atoms. The van der Waals surface area contributed by atoms with E-state index in [-0.39, 0.29) is 6.04 Å². The molecule has 0 saturated carbocycles. The van der Waals surface area contributed by atoms with Crippen molar-refractivity contribution in [3.05, 3.63) is 70.9 Å². The van der Waals surface area contributed by atoms with Crippen LogP contribution in [0.25, 0.3) is 11.0 Å². The maximum Gasteiger partial charge on any atom is 0.134 e. The van der Waals surface area contributed by atoms with Gasteiger partial charge in [-0.3, -0.25) is 5.84 Å². The highest BCUT2D eigenvalue weighted by atomic mass is 35.5. The molecule has 1 atom stereocenters. The number of nitrogens with one attached hydrogen (secondary N) is 1. The molecule has 0 spiro atoms. The Bertz CT molecular complexity index is 690. The Morgan fingerprint density at radius 2 is 1.95 bits per heavy atom. The first-order chi connectivity index (χ1) is 9.76. The number of hydrogen-bond donors (Lipinski definition) is 2. The Morgan fingerprint density at radius 3 is 2.70 bits per heavy atom. The number of fused-ring (bicyclic) bond motifs is 1. The zero-order chi connectivity index (χ0) is 13.9. The van der Waals surface area contributed by atoms with E-state index in [4.69, 9.17) is 21.9 Å². The Labute approximate surface area is 122 Å². The van der Waals surface area contributed by atoms with Crippen molar-refractivity contribution in [1.82, 2.24) is 5.43 Å². The summed E-state index contributed by atoms with van der Waals surface area (Å²) in [7, 11) is 0. The van der Waals surface area contributed by atoms with E-state index in [0.29, 0.717) is 0 Å². The summed E-state index contributed by atoms with van der Waals surface area (Å²) in [6.07, 6.45) is 0.719. The molecule has 102 valence electrons. The van der Waals surface area contributed by atoms with Crippen molar-refractivity contribution >= 4 is 22.6 Å². The highest BCUT2D eigenvalue weighted by Gasteiger charge is 2.15. The van der Waals surface area contributed by atoms with Gasteiger partial charge in [0.1, 0.15) is 11.3 Å². The molecule has 0 amide bonds. The number of hydrogen-bond acceptors (Lipinski definition) is 3. The largest absolute Gasteiger partial charge is 0.459 e. The smallest absolute Gasteiger partial charge is 0.134 e. The third-order valence-corrected chi connectivity index (χ3v) is 3.55. The van der Waals surface area contributed by atoms with Crippen molar-refractivity contribution in [2.45, 2.75) is 12.5 Å². The van der Waals surface area contributed by atoms with E-state index in [1.807, 2.05) is 54.6 Å². The summed E-state index contributed by atoms with van der Waals surface area (Å²) in [5.74, 6) is 6.50. The van der Waals surface area contributed by atoms with Crippen LogP contribution in [0.5, 0.6) is 0 Å². The van der Waals surface area contributed by atoms with Gasteiger partial charge in [-0.05, 0) is 36.2 Å². The fraction of sp³-hybridized carbons (Fsp3) is 0.125. The van der Waals surface area contributed by atoms with Crippen LogP contribution in [0.3, 0.4) is 0 Å². The molecular weight excluding hydrogens is 272 g/mol. The minimum atomic E-state index is -0.0825. The highest BCUT2D eigenvalue weighted by Crippen LogP contribution is 2.26. The van der Waals surface area contributed by atoms with E-state index in [2.05, 4.69) is 5.43 Å². The summed E-state index contributed by atoms with van der Waals surface area (Å²) in [6, 6.07) is 17.6. The average Bonchev–Trinajstić information content (AvgIpc) is 2.88. The molecule has 3 rings (SSSR count). The lowest BCUT2D eigenvalue weighted by atomic mass is 10.0. The van der Waals surface area contributed by atoms with E-state index in [0.717, 1.165) is 33.7 Å². The van der Waals surface area contributed by atoms with E-state index in [9.17, 15) is 0 Å². The number of benzene rings is 2. The third-order valence-electron chi connectivity index (χ3n) is 3.32. The van der Waals surface area contributed by atoms with Crippen molar-refractivity contribution in [2.24, 2.45) is 5.84 Å². The molecule has 0 aliphatic heterocycles. The van der Waals surface area contributed by atoms with Crippen molar-refractivity contribution in [3.63, 3.8) is 0 Å². The molecule has 0 fully saturated rings. The topological polar surface area (TPSA) is 51.2 Å².